The maximum absolute atomic E-state index is 11.0. The summed E-state index contributed by atoms with van der Waals surface area (Å²) in [4.78, 5) is 10.6. The van der Waals surface area contributed by atoms with E-state index in [1.807, 2.05) is 30.3 Å². The van der Waals surface area contributed by atoms with E-state index < -0.39 is 4.92 Å². The number of nitro groups is 1. The lowest BCUT2D eigenvalue weighted by Crippen LogP contribution is -1.90. The molecule has 0 saturated carbocycles. The van der Waals surface area contributed by atoms with Gasteiger partial charge in [0.15, 0.2) is 5.76 Å². The van der Waals surface area contributed by atoms with Crippen LogP contribution in [0.1, 0.15) is 0 Å². The molecule has 3 aromatic rings. The molecule has 0 amide bonds. The Kier molecular flexibility index (Phi) is 3.01. The summed E-state index contributed by atoms with van der Waals surface area (Å²) in [6.07, 6.45) is 0. The number of hydrogen-bond acceptors (Lipinski definition) is 4. The lowest BCUT2D eigenvalue weighted by atomic mass is 10.1. The van der Waals surface area contributed by atoms with E-state index >= 15 is 0 Å². The Hall–Kier alpha value is -2.95. The first-order valence-corrected chi connectivity index (χ1v) is 6.01. The highest BCUT2D eigenvalue weighted by molar-refractivity contribution is 5.72. The first kappa shape index (κ1) is 12.1. The van der Waals surface area contributed by atoms with Crippen molar-refractivity contribution in [1.29, 1.82) is 0 Å². The van der Waals surface area contributed by atoms with Crippen molar-refractivity contribution in [2.24, 2.45) is 0 Å². The molecule has 0 N–H and O–H groups in total. The van der Waals surface area contributed by atoms with Crippen LogP contribution in [0.5, 0.6) is 0 Å². The SMILES string of the molecule is O=[N+]([O-])c1ccccc1-c1cc(-c2ccccc2)no1. The van der Waals surface area contributed by atoms with Gasteiger partial charge in [-0.05, 0) is 6.07 Å². The van der Waals surface area contributed by atoms with E-state index in [4.69, 9.17) is 4.52 Å². The number of aromatic nitrogens is 1. The fourth-order valence-electron chi connectivity index (χ4n) is 1.99. The third-order valence-electron chi connectivity index (χ3n) is 2.95. The number of nitrogens with zero attached hydrogens (tertiary/aromatic N) is 2. The van der Waals surface area contributed by atoms with Crippen LogP contribution in [0.2, 0.25) is 0 Å². The maximum Gasteiger partial charge on any atom is 0.280 e. The summed E-state index contributed by atoms with van der Waals surface area (Å²) in [5, 5.41) is 15.0. The summed E-state index contributed by atoms with van der Waals surface area (Å²) in [7, 11) is 0. The van der Waals surface area contributed by atoms with Crippen LogP contribution in [0.3, 0.4) is 0 Å². The first-order chi connectivity index (χ1) is 9.75. The molecule has 5 heteroatoms. The minimum absolute atomic E-state index is 0.00302. The molecule has 0 radical (unpaired) electrons. The highest BCUT2D eigenvalue weighted by Gasteiger charge is 2.18. The van der Waals surface area contributed by atoms with Gasteiger partial charge in [0.05, 0.1) is 10.5 Å². The largest absolute Gasteiger partial charge is 0.355 e. The predicted molar refractivity (Wildman–Crippen MR) is 74.0 cm³/mol. The third-order valence-corrected chi connectivity index (χ3v) is 2.95. The van der Waals surface area contributed by atoms with Gasteiger partial charge in [0, 0.05) is 17.7 Å². The van der Waals surface area contributed by atoms with E-state index in [2.05, 4.69) is 5.16 Å². The van der Waals surface area contributed by atoms with Gasteiger partial charge >= 0.3 is 0 Å². The van der Waals surface area contributed by atoms with Crippen LogP contribution in [0.15, 0.2) is 65.2 Å². The molecule has 5 nitrogen and oxygen atoms in total. The molecule has 98 valence electrons. The molecular weight excluding hydrogens is 256 g/mol. The van der Waals surface area contributed by atoms with Crippen LogP contribution in [-0.4, -0.2) is 10.1 Å². The summed E-state index contributed by atoms with van der Waals surface area (Å²) >= 11 is 0. The van der Waals surface area contributed by atoms with Gasteiger partial charge in [0.25, 0.3) is 5.69 Å². The van der Waals surface area contributed by atoms with Crippen molar-refractivity contribution in [3.05, 3.63) is 70.8 Å². The molecule has 20 heavy (non-hydrogen) atoms. The van der Waals surface area contributed by atoms with E-state index in [1.54, 1.807) is 24.3 Å². The van der Waals surface area contributed by atoms with Crippen molar-refractivity contribution in [2.75, 3.05) is 0 Å². The van der Waals surface area contributed by atoms with E-state index in [0.29, 0.717) is 17.0 Å². The number of nitro benzene ring substituents is 1. The highest BCUT2D eigenvalue weighted by Crippen LogP contribution is 2.32. The monoisotopic (exact) mass is 266 g/mol. The molecule has 2 aromatic carbocycles. The maximum atomic E-state index is 11.0. The second-order valence-corrected chi connectivity index (χ2v) is 4.22. The van der Waals surface area contributed by atoms with Crippen LogP contribution < -0.4 is 0 Å². The summed E-state index contributed by atoms with van der Waals surface area (Å²) < 4.78 is 5.24. The quantitative estimate of drug-likeness (QED) is 0.532. The fourth-order valence-corrected chi connectivity index (χ4v) is 1.99. The number of benzene rings is 2. The Labute approximate surface area is 114 Å². The van der Waals surface area contributed by atoms with Crippen molar-refractivity contribution in [3.8, 4) is 22.6 Å². The van der Waals surface area contributed by atoms with Gasteiger partial charge in [-0.15, -0.1) is 0 Å². The third kappa shape index (κ3) is 2.16. The molecule has 1 heterocycles. The second kappa shape index (κ2) is 4.97. The van der Waals surface area contributed by atoms with Crippen molar-refractivity contribution in [2.45, 2.75) is 0 Å². The van der Waals surface area contributed by atoms with Crippen molar-refractivity contribution >= 4 is 5.69 Å². The zero-order valence-corrected chi connectivity index (χ0v) is 10.4. The van der Waals surface area contributed by atoms with Crippen molar-refractivity contribution < 1.29 is 9.45 Å². The van der Waals surface area contributed by atoms with Gasteiger partial charge in [0.2, 0.25) is 0 Å². The first-order valence-electron chi connectivity index (χ1n) is 6.01. The smallest absolute Gasteiger partial charge is 0.280 e. The highest BCUT2D eigenvalue weighted by atomic mass is 16.6. The topological polar surface area (TPSA) is 69.2 Å². The molecule has 0 saturated heterocycles. The molecule has 0 unspecified atom stereocenters. The molecule has 0 fully saturated rings. The summed E-state index contributed by atoms with van der Waals surface area (Å²) in [6, 6.07) is 17.7. The van der Waals surface area contributed by atoms with Crippen LogP contribution in [0, 0.1) is 10.1 Å². The Morgan fingerprint density at radius 3 is 2.45 bits per heavy atom. The normalized spacial score (nSPS) is 10.4. The molecule has 3 rings (SSSR count). The average molecular weight is 266 g/mol. The van der Waals surface area contributed by atoms with Gasteiger partial charge < -0.3 is 4.52 Å². The minimum atomic E-state index is -0.431. The molecule has 0 bridgehead atoms. The predicted octanol–water partition coefficient (Wildman–Crippen LogP) is 3.92. The van der Waals surface area contributed by atoms with Gasteiger partial charge in [-0.2, -0.15) is 0 Å². The van der Waals surface area contributed by atoms with Crippen LogP contribution in [0.4, 0.5) is 5.69 Å². The lowest BCUT2D eigenvalue weighted by molar-refractivity contribution is -0.384. The van der Waals surface area contributed by atoms with Gasteiger partial charge in [0.1, 0.15) is 5.69 Å². The fraction of sp³-hybridized carbons (Fsp3) is 0. The summed E-state index contributed by atoms with van der Waals surface area (Å²) in [5.41, 5.74) is 1.98. The zero-order chi connectivity index (χ0) is 13.9. The Morgan fingerprint density at radius 2 is 1.70 bits per heavy atom. The molecule has 0 spiro atoms. The second-order valence-electron chi connectivity index (χ2n) is 4.22. The van der Waals surface area contributed by atoms with E-state index in [0.717, 1.165) is 5.56 Å². The van der Waals surface area contributed by atoms with Crippen LogP contribution in [-0.2, 0) is 0 Å². The van der Waals surface area contributed by atoms with Crippen LogP contribution in [0.25, 0.3) is 22.6 Å². The number of rotatable bonds is 3. The summed E-state index contributed by atoms with van der Waals surface area (Å²) in [5.74, 6) is 0.385. The van der Waals surface area contributed by atoms with E-state index in [1.165, 1.54) is 6.07 Å². The molecule has 1 aromatic heterocycles. The number of hydrogen-bond donors (Lipinski definition) is 0. The van der Waals surface area contributed by atoms with E-state index in [-0.39, 0.29) is 5.69 Å². The zero-order valence-electron chi connectivity index (χ0n) is 10.4. The molecular formula is C15H10N2O3. The number of para-hydroxylation sites is 1. The molecule has 0 atom stereocenters. The lowest BCUT2D eigenvalue weighted by Gasteiger charge is -1.97. The van der Waals surface area contributed by atoms with Crippen LogP contribution >= 0.6 is 0 Å². The molecule has 0 aliphatic heterocycles. The minimum Gasteiger partial charge on any atom is -0.355 e. The Morgan fingerprint density at radius 1 is 1.00 bits per heavy atom. The standard InChI is InChI=1S/C15H10N2O3/c18-17(19)14-9-5-4-8-12(14)15-10-13(16-20-15)11-6-2-1-3-7-11/h1-10H. The van der Waals surface area contributed by atoms with Crippen molar-refractivity contribution in [3.63, 3.8) is 0 Å². The van der Waals surface area contributed by atoms with Gasteiger partial charge in [-0.3, -0.25) is 10.1 Å². The Balaban J connectivity index is 2.05. The average Bonchev–Trinajstić information content (AvgIpc) is 2.98. The van der Waals surface area contributed by atoms with Gasteiger partial charge in [-0.25, -0.2) is 0 Å². The summed E-state index contributed by atoms with van der Waals surface area (Å²) in [6.45, 7) is 0. The van der Waals surface area contributed by atoms with Gasteiger partial charge in [-0.1, -0.05) is 47.6 Å². The van der Waals surface area contributed by atoms with E-state index in [9.17, 15) is 10.1 Å². The molecule has 0 aliphatic carbocycles. The molecule has 0 aliphatic rings. The Bertz CT molecular complexity index is 751. The van der Waals surface area contributed by atoms with Crippen molar-refractivity contribution in [1.82, 2.24) is 5.16 Å².